The van der Waals surface area contributed by atoms with Crippen molar-refractivity contribution < 1.29 is 9.53 Å². The quantitative estimate of drug-likeness (QED) is 0.856. The zero-order valence-corrected chi connectivity index (χ0v) is 10.8. The SMILES string of the molecule is COCC(C)(C)NC(=O)c1cc(N)ncc1Cl. The lowest BCUT2D eigenvalue weighted by molar-refractivity contribution is 0.0820. The van der Waals surface area contributed by atoms with E-state index in [2.05, 4.69) is 10.3 Å². The fraction of sp³-hybridized carbons (Fsp3) is 0.455. The van der Waals surface area contributed by atoms with E-state index >= 15 is 0 Å². The highest BCUT2D eigenvalue weighted by molar-refractivity contribution is 6.33. The molecular formula is C11H16ClN3O2. The van der Waals surface area contributed by atoms with Crippen molar-refractivity contribution in [2.75, 3.05) is 19.5 Å². The van der Waals surface area contributed by atoms with Gasteiger partial charge in [0.15, 0.2) is 0 Å². The number of nitrogens with zero attached hydrogens (tertiary/aromatic N) is 1. The molecule has 17 heavy (non-hydrogen) atoms. The summed E-state index contributed by atoms with van der Waals surface area (Å²) >= 11 is 5.89. The maximum Gasteiger partial charge on any atom is 0.253 e. The molecule has 5 nitrogen and oxygen atoms in total. The second-order valence-corrected chi connectivity index (χ2v) is 4.77. The van der Waals surface area contributed by atoms with Crippen molar-refractivity contribution in [2.45, 2.75) is 19.4 Å². The lowest BCUT2D eigenvalue weighted by atomic mass is 10.1. The van der Waals surface area contributed by atoms with Crippen molar-refractivity contribution in [1.82, 2.24) is 10.3 Å². The van der Waals surface area contributed by atoms with E-state index in [4.69, 9.17) is 22.1 Å². The molecule has 0 atom stereocenters. The summed E-state index contributed by atoms with van der Waals surface area (Å²) in [7, 11) is 1.57. The molecule has 1 rings (SSSR count). The maximum atomic E-state index is 12.0. The van der Waals surface area contributed by atoms with Crippen LogP contribution in [-0.2, 0) is 4.74 Å². The average Bonchev–Trinajstić information content (AvgIpc) is 2.20. The van der Waals surface area contributed by atoms with E-state index < -0.39 is 5.54 Å². The predicted molar refractivity (Wildman–Crippen MR) is 67.1 cm³/mol. The molecule has 0 aliphatic rings. The van der Waals surface area contributed by atoms with Crippen LogP contribution in [0, 0.1) is 0 Å². The van der Waals surface area contributed by atoms with E-state index in [9.17, 15) is 4.79 Å². The van der Waals surface area contributed by atoms with Crippen LogP contribution >= 0.6 is 11.6 Å². The smallest absolute Gasteiger partial charge is 0.253 e. The number of aromatic nitrogens is 1. The summed E-state index contributed by atoms with van der Waals surface area (Å²) in [6.45, 7) is 4.11. The van der Waals surface area contributed by atoms with Crippen LogP contribution in [0.1, 0.15) is 24.2 Å². The minimum Gasteiger partial charge on any atom is -0.384 e. The van der Waals surface area contributed by atoms with Crippen molar-refractivity contribution >= 4 is 23.3 Å². The second-order valence-electron chi connectivity index (χ2n) is 4.36. The number of carbonyl (C=O) groups excluding carboxylic acids is 1. The van der Waals surface area contributed by atoms with E-state index in [1.807, 2.05) is 13.8 Å². The molecule has 3 N–H and O–H groups in total. The topological polar surface area (TPSA) is 77.2 Å². The molecule has 0 aliphatic carbocycles. The standard InChI is InChI=1S/C11H16ClN3O2/c1-11(2,6-17-3)15-10(16)7-4-9(13)14-5-8(7)12/h4-5H,6H2,1-3H3,(H2,13,14)(H,15,16). The van der Waals surface area contributed by atoms with E-state index in [1.165, 1.54) is 12.3 Å². The van der Waals surface area contributed by atoms with Gasteiger partial charge in [-0.25, -0.2) is 4.98 Å². The van der Waals surface area contributed by atoms with Crippen LogP contribution in [0.4, 0.5) is 5.82 Å². The minimum absolute atomic E-state index is 0.254. The molecule has 0 spiro atoms. The van der Waals surface area contributed by atoms with Gasteiger partial charge in [-0.2, -0.15) is 0 Å². The Balaban J connectivity index is 2.86. The van der Waals surface area contributed by atoms with Gasteiger partial charge in [0.1, 0.15) is 5.82 Å². The number of pyridine rings is 1. The highest BCUT2D eigenvalue weighted by Crippen LogP contribution is 2.17. The lowest BCUT2D eigenvalue weighted by Gasteiger charge is -2.25. The lowest BCUT2D eigenvalue weighted by Crippen LogP contribution is -2.46. The number of hydrogen-bond acceptors (Lipinski definition) is 4. The summed E-state index contributed by atoms with van der Waals surface area (Å²) in [6, 6.07) is 1.44. The average molecular weight is 258 g/mol. The molecule has 1 amide bonds. The summed E-state index contributed by atoms with van der Waals surface area (Å²) in [6.07, 6.45) is 1.36. The Morgan fingerprint density at radius 2 is 2.29 bits per heavy atom. The molecule has 0 aliphatic heterocycles. The Labute approximate surface area is 105 Å². The third-order valence-corrected chi connectivity index (χ3v) is 2.38. The number of hydrogen-bond donors (Lipinski definition) is 2. The number of anilines is 1. The normalized spacial score (nSPS) is 11.3. The van der Waals surface area contributed by atoms with Gasteiger partial charge >= 0.3 is 0 Å². The van der Waals surface area contributed by atoms with Gasteiger partial charge in [0, 0.05) is 13.3 Å². The number of methoxy groups -OCH3 is 1. The summed E-state index contributed by atoms with van der Waals surface area (Å²) in [5.41, 5.74) is 5.34. The van der Waals surface area contributed by atoms with Gasteiger partial charge in [-0.3, -0.25) is 4.79 Å². The molecule has 0 fully saturated rings. The van der Waals surface area contributed by atoms with Crippen LogP contribution in [0.3, 0.4) is 0 Å². The zero-order chi connectivity index (χ0) is 13.1. The van der Waals surface area contributed by atoms with Crippen molar-refractivity contribution in [2.24, 2.45) is 0 Å². The number of halogens is 1. The Morgan fingerprint density at radius 1 is 1.65 bits per heavy atom. The van der Waals surface area contributed by atoms with Crippen LogP contribution in [0.5, 0.6) is 0 Å². The highest BCUT2D eigenvalue weighted by atomic mass is 35.5. The first kappa shape index (κ1) is 13.7. The van der Waals surface area contributed by atoms with Crippen molar-refractivity contribution in [3.8, 4) is 0 Å². The molecule has 0 aromatic carbocycles. The van der Waals surface area contributed by atoms with E-state index in [0.717, 1.165) is 0 Å². The molecule has 1 aromatic heterocycles. The van der Waals surface area contributed by atoms with Gasteiger partial charge in [-0.05, 0) is 19.9 Å². The Morgan fingerprint density at radius 3 is 2.88 bits per heavy atom. The first-order valence-electron chi connectivity index (χ1n) is 5.08. The number of carbonyl (C=O) groups is 1. The van der Waals surface area contributed by atoms with Crippen molar-refractivity contribution in [1.29, 1.82) is 0 Å². The molecule has 6 heteroatoms. The van der Waals surface area contributed by atoms with Crippen molar-refractivity contribution in [3.63, 3.8) is 0 Å². The number of nitrogens with one attached hydrogen (secondary N) is 1. The molecule has 0 bridgehead atoms. The maximum absolute atomic E-state index is 12.0. The molecule has 1 aromatic rings. The van der Waals surface area contributed by atoms with Gasteiger partial charge in [0.2, 0.25) is 0 Å². The molecule has 0 radical (unpaired) electrons. The fourth-order valence-corrected chi connectivity index (χ4v) is 1.59. The largest absolute Gasteiger partial charge is 0.384 e. The fourth-order valence-electron chi connectivity index (χ4n) is 1.40. The monoisotopic (exact) mass is 257 g/mol. The van der Waals surface area contributed by atoms with E-state index in [0.29, 0.717) is 12.2 Å². The molecular weight excluding hydrogens is 242 g/mol. The third kappa shape index (κ3) is 3.87. The summed E-state index contributed by atoms with van der Waals surface area (Å²) in [5, 5.41) is 3.08. The predicted octanol–water partition coefficient (Wildman–Crippen LogP) is 1.47. The summed E-state index contributed by atoms with van der Waals surface area (Å²) in [4.78, 5) is 15.8. The highest BCUT2D eigenvalue weighted by Gasteiger charge is 2.22. The summed E-state index contributed by atoms with van der Waals surface area (Å²) in [5.74, 6) is -0.0461. The van der Waals surface area contributed by atoms with Crippen molar-refractivity contribution in [3.05, 3.63) is 22.8 Å². The molecule has 94 valence electrons. The number of rotatable bonds is 4. The van der Waals surface area contributed by atoms with Gasteiger partial charge in [0.25, 0.3) is 5.91 Å². The Kier molecular flexibility index (Phi) is 4.31. The zero-order valence-electron chi connectivity index (χ0n) is 10.1. The first-order chi connectivity index (χ1) is 7.85. The number of ether oxygens (including phenoxy) is 1. The van der Waals surface area contributed by atoms with Gasteiger partial charge in [-0.1, -0.05) is 11.6 Å². The number of nitrogen functional groups attached to an aromatic ring is 1. The van der Waals surface area contributed by atoms with Crippen LogP contribution in [0.2, 0.25) is 5.02 Å². The second kappa shape index (κ2) is 5.33. The first-order valence-corrected chi connectivity index (χ1v) is 5.46. The van der Waals surface area contributed by atoms with Gasteiger partial charge in [0.05, 0.1) is 22.7 Å². The van der Waals surface area contributed by atoms with Crippen LogP contribution in [-0.4, -0.2) is 30.1 Å². The van der Waals surface area contributed by atoms with Gasteiger partial charge < -0.3 is 15.8 Å². The molecule has 1 heterocycles. The van der Waals surface area contributed by atoms with Crippen LogP contribution in [0.15, 0.2) is 12.3 Å². The molecule has 0 saturated heterocycles. The van der Waals surface area contributed by atoms with E-state index in [1.54, 1.807) is 7.11 Å². The Bertz CT molecular complexity index is 421. The number of amides is 1. The van der Waals surface area contributed by atoms with E-state index in [-0.39, 0.29) is 16.7 Å². The van der Waals surface area contributed by atoms with Crippen LogP contribution < -0.4 is 11.1 Å². The minimum atomic E-state index is -0.479. The van der Waals surface area contributed by atoms with Gasteiger partial charge in [-0.15, -0.1) is 0 Å². The molecule has 0 saturated carbocycles. The summed E-state index contributed by atoms with van der Waals surface area (Å²) < 4.78 is 5.01. The number of nitrogens with two attached hydrogens (primary N) is 1. The molecule has 0 unspecified atom stereocenters. The van der Waals surface area contributed by atoms with Crippen LogP contribution in [0.25, 0.3) is 0 Å². The third-order valence-electron chi connectivity index (χ3n) is 2.08. The Hall–Kier alpha value is -1.33.